The maximum absolute atomic E-state index is 5.36. The Morgan fingerprint density at radius 1 is 0.625 bits per heavy atom. The van der Waals surface area contributed by atoms with Gasteiger partial charge in [-0.1, -0.05) is 53.4 Å². The Labute approximate surface area is 101 Å². The zero-order chi connectivity index (χ0) is 12.1. The summed E-state index contributed by atoms with van der Waals surface area (Å²) in [7, 11) is 0. The molecular weight excluding hydrogens is 200 g/mol. The minimum atomic E-state index is 0.253. The third-order valence-corrected chi connectivity index (χ3v) is 3.44. The average Bonchev–Trinajstić information content (AvgIpc) is 2.17. The van der Waals surface area contributed by atoms with Crippen molar-refractivity contribution in [2.45, 2.75) is 66.2 Å². The first kappa shape index (κ1) is 14.0. The van der Waals surface area contributed by atoms with Crippen LogP contribution in [0.15, 0.2) is 0 Å². The largest absolute Gasteiger partial charge is 0.236 e. The van der Waals surface area contributed by atoms with Crippen molar-refractivity contribution in [2.24, 2.45) is 10.8 Å². The maximum atomic E-state index is 5.36. The predicted molar refractivity (Wildman–Crippen MR) is 67.2 cm³/mol. The summed E-state index contributed by atoms with van der Waals surface area (Å²) in [6.45, 7) is 10.5. The van der Waals surface area contributed by atoms with Crippen LogP contribution in [0.25, 0.3) is 0 Å². The molecule has 1 saturated heterocycles. The minimum absolute atomic E-state index is 0.253. The molecular formula is C14H28O2. The number of rotatable bonds is 0. The first-order chi connectivity index (χ1) is 7.41. The Morgan fingerprint density at radius 3 is 1.38 bits per heavy atom. The summed E-state index contributed by atoms with van der Waals surface area (Å²) in [6, 6.07) is 0. The highest BCUT2D eigenvalue weighted by molar-refractivity contribution is 4.70. The molecule has 0 aromatic carbocycles. The molecule has 0 spiro atoms. The molecule has 2 nitrogen and oxygen atoms in total. The molecule has 2 heteroatoms. The molecule has 0 aromatic heterocycles. The predicted octanol–water partition coefficient (Wildman–Crippen LogP) is 4.34. The fourth-order valence-electron chi connectivity index (χ4n) is 2.11. The van der Waals surface area contributed by atoms with Gasteiger partial charge in [0.25, 0.3) is 0 Å². The lowest BCUT2D eigenvalue weighted by Gasteiger charge is -2.28. The molecule has 96 valence electrons. The van der Waals surface area contributed by atoms with Crippen LogP contribution in [0.2, 0.25) is 0 Å². The molecule has 0 amide bonds. The van der Waals surface area contributed by atoms with Crippen LogP contribution >= 0.6 is 0 Å². The second-order valence-corrected chi connectivity index (χ2v) is 6.77. The van der Waals surface area contributed by atoms with E-state index < -0.39 is 0 Å². The van der Waals surface area contributed by atoms with Crippen molar-refractivity contribution < 1.29 is 9.78 Å². The summed E-state index contributed by atoms with van der Waals surface area (Å²) in [5, 5.41) is 0. The lowest BCUT2D eigenvalue weighted by atomic mass is 9.85. The monoisotopic (exact) mass is 228 g/mol. The Balaban J connectivity index is 2.41. The third-order valence-electron chi connectivity index (χ3n) is 3.44. The van der Waals surface area contributed by atoms with Crippen molar-refractivity contribution in [1.29, 1.82) is 0 Å². The van der Waals surface area contributed by atoms with Gasteiger partial charge in [0.2, 0.25) is 0 Å². The first-order valence-corrected chi connectivity index (χ1v) is 6.66. The minimum Gasteiger partial charge on any atom is -0.236 e. The van der Waals surface area contributed by atoms with Crippen molar-refractivity contribution >= 4 is 0 Å². The third kappa shape index (κ3) is 5.86. The van der Waals surface area contributed by atoms with Crippen molar-refractivity contribution in [3.63, 3.8) is 0 Å². The highest BCUT2D eigenvalue weighted by Gasteiger charge is 2.22. The van der Waals surface area contributed by atoms with Crippen LogP contribution in [0.1, 0.15) is 66.2 Å². The van der Waals surface area contributed by atoms with E-state index in [-0.39, 0.29) is 10.8 Å². The summed E-state index contributed by atoms with van der Waals surface area (Å²) >= 11 is 0. The lowest BCUT2D eigenvalue weighted by molar-refractivity contribution is -0.321. The van der Waals surface area contributed by atoms with Crippen molar-refractivity contribution in [2.75, 3.05) is 13.2 Å². The molecule has 0 saturated carbocycles. The van der Waals surface area contributed by atoms with E-state index in [0.29, 0.717) is 13.2 Å². The maximum Gasteiger partial charge on any atom is 0.0873 e. The molecule has 1 fully saturated rings. The topological polar surface area (TPSA) is 18.5 Å². The second kappa shape index (κ2) is 6.02. The van der Waals surface area contributed by atoms with Gasteiger partial charge >= 0.3 is 0 Å². The molecule has 1 rings (SSSR count). The highest BCUT2D eigenvalue weighted by atomic mass is 17.2. The number of hydrogen-bond acceptors (Lipinski definition) is 2. The lowest BCUT2D eigenvalue weighted by Crippen LogP contribution is -2.24. The fraction of sp³-hybridized carbons (Fsp3) is 1.00. The molecule has 1 heterocycles. The van der Waals surface area contributed by atoms with Gasteiger partial charge in [-0.3, -0.25) is 0 Å². The van der Waals surface area contributed by atoms with E-state index in [1.54, 1.807) is 0 Å². The van der Waals surface area contributed by atoms with Gasteiger partial charge in [-0.25, -0.2) is 9.78 Å². The molecule has 1 aliphatic heterocycles. The number of hydrogen-bond donors (Lipinski definition) is 0. The van der Waals surface area contributed by atoms with Gasteiger partial charge in [-0.05, 0) is 23.7 Å². The van der Waals surface area contributed by atoms with E-state index in [2.05, 4.69) is 27.7 Å². The second-order valence-electron chi connectivity index (χ2n) is 6.77. The van der Waals surface area contributed by atoms with Crippen molar-refractivity contribution in [3.05, 3.63) is 0 Å². The van der Waals surface area contributed by atoms with Gasteiger partial charge < -0.3 is 0 Å². The van der Waals surface area contributed by atoms with E-state index in [4.69, 9.17) is 9.78 Å². The summed E-state index contributed by atoms with van der Waals surface area (Å²) in [5.74, 6) is 0. The Hall–Kier alpha value is -0.0800. The molecule has 1 aliphatic rings. The zero-order valence-corrected chi connectivity index (χ0v) is 11.5. The van der Waals surface area contributed by atoms with E-state index >= 15 is 0 Å². The zero-order valence-electron chi connectivity index (χ0n) is 11.5. The van der Waals surface area contributed by atoms with Crippen LogP contribution in [0.5, 0.6) is 0 Å². The van der Waals surface area contributed by atoms with Crippen LogP contribution in [0.3, 0.4) is 0 Å². The van der Waals surface area contributed by atoms with Crippen molar-refractivity contribution in [1.82, 2.24) is 0 Å². The average molecular weight is 228 g/mol. The summed E-state index contributed by atoms with van der Waals surface area (Å²) in [6.07, 6.45) is 7.83. The van der Waals surface area contributed by atoms with Crippen LogP contribution in [-0.4, -0.2) is 13.2 Å². The Bertz CT molecular complexity index is 175. The molecule has 0 radical (unpaired) electrons. The smallest absolute Gasteiger partial charge is 0.0873 e. The molecule has 0 N–H and O–H groups in total. The van der Waals surface area contributed by atoms with Gasteiger partial charge in [-0.15, -0.1) is 0 Å². The van der Waals surface area contributed by atoms with Crippen molar-refractivity contribution in [3.8, 4) is 0 Å². The normalized spacial score (nSPS) is 27.8. The van der Waals surface area contributed by atoms with Crippen LogP contribution in [0.4, 0.5) is 0 Å². The van der Waals surface area contributed by atoms with E-state index in [9.17, 15) is 0 Å². The van der Waals surface area contributed by atoms with Gasteiger partial charge in [0.1, 0.15) is 0 Å². The molecule has 16 heavy (non-hydrogen) atoms. The molecule has 0 aliphatic carbocycles. The molecule has 0 bridgehead atoms. The molecule has 0 atom stereocenters. The highest BCUT2D eigenvalue weighted by Crippen LogP contribution is 2.28. The van der Waals surface area contributed by atoms with Gasteiger partial charge in [0.05, 0.1) is 13.2 Å². The van der Waals surface area contributed by atoms with E-state index in [1.165, 1.54) is 38.5 Å². The SMILES string of the molecule is CC1(C)CCCCCCC(C)(C)COOC1. The molecule has 0 unspecified atom stereocenters. The Kier molecular flexibility index (Phi) is 5.26. The summed E-state index contributed by atoms with van der Waals surface area (Å²) < 4.78 is 0. The van der Waals surface area contributed by atoms with Gasteiger partial charge in [0.15, 0.2) is 0 Å². The van der Waals surface area contributed by atoms with Crippen LogP contribution in [0, 0.1) is 10.8 Å². The van der Waals surface area contributed by atoms with Gasteiger partial charge in [-0.2, -0.15) is 0 Å². The summed E-state index contributed by atoms with van der Waals surface area (Å²) in [4.78, 5) is 10.7. The molecule has 0 aromatic rings. The van der Waals surface area contributed by atoms with Crippen LogP contribution < -0.4 is 0 Å². The Morgan fingerprint density at radius 2 is 1.00 bits per heavy atom. The van der Waals surface area contributed by atoms with E-state index in [0.717, 1.165) is 0 Å². The standard InChI is InChI=1S/C14H28O2/c1-13(2)9-7-5-6-8-10-14(3,4)12-16-15-11-13/h5-12H2,1-4H3. The quantitative estimate of drug-likeness (QED) is 0.574. The van der Waals surface area contributed by atoms with E-state index in [1.807, 2.05) is 0 Å². The first-order valence-electron chi connectivity index (χ1n) is 6.66. The summed E-state index contributed by atoms with van der Waals surface area (Å²) in [5.41, 5.74) is 0.507. The van der Waals surface area contributed by atoms with Gasteiger partial charge in [0, 0.05) is 0 Å². The fourth-order valence-corrected chi connectivity index (χ4v) is 2.11. The van der Waals surface area contributed by atoms with Crippen LogP contribution in [-0.2, 0) is 9.78 Å².